The quantitative estimate of drug-likeness (QED) is 0.917. The zero-order valence-electron chi connectivity index (χ0n) is 14.5. The number of morpholine rings is 1. The van der Waals surface area contributed by atoms with Crippen molar-refractivity contribution in [3.8, 4) is 0 Å². The van der Waals surface area contributed by atoms with E-state index >= 15 is 0 Å². The number of hydrogen-bond acceptors (Lipinski definition) is 5. The van der Waals surface area contributed by atoms with Crippen molar-refractivity contribution in [2.24, 2.45) is 0 Å². The Morgan fingerprint density at radius 3 is 2.64 bits per heavy atom. The normalized spacial score (nSPS) is 20.4. The number of anilines is 1. The highest BCUT2D eigenvalue weighted by Crippen LogP contribution is 2.30. The Balaban J connectivity index is 1.90. The third kappa shape index (κ3) is 3.65. The molecule has 0 aliphatic carbocycles. The molecule has 1 aromatic carbocycles. The molecule has 2 aromatic rings. The van der Waals surface area contributed by atoms with Crippen molar-refractivity contribution in [2.45, 2.75) is 12.1 Å². The number of carbonyl (C=O) groups is 1. The van der Waals surface area contributed by atoms with Gasteiger partial charge in [0.2, 0.25) is 0 Å². The Labute approximate surface area is 147 Å². The van der Waals surface area contributed by atoms with Crippen molar-refractivity contribution in [1.29, 1.82) is 0 Å². The number of aliphatic hydroxyl groups excluding tert-OH is 1. The number of hydrogen-bond donors (Lipinski definition) is 1. The fraction of sp³-hybridized carbons (Fsp3) is 0.368. The van der Waals surface area contributed by atoms with Crippen LogP contribution in [0.25, 0.3) is 0 Å². The number of amides is 1. The van der Waals surface area contributed by atoms with Crippen molar-refractivity contribution >= 4 is 11.7 Å². The second kappa shape index (κ2) is 7.63. The molecule has 25 heavy (non-hydrogen) atoms. The van der Waals surface area contributed by atoms with Gasteiger partial charge in [-0.15, -0.1) is 0 Å². The standard InChI is InChI=1S/C19H23N3O3/c1-21(2)17-9-8-15(12-20-17)19(24)22-10-11-25-16(13-23)18(22)14-6-4-3-5-7-14/h3-9,12,16,18,23H,10-11,13H2,1-2H3/t16-,18-/m1/s1. The molecule has 6 nitrogen and oxygen atoms in total. The molecular weight excluding hydrogens is 318 g/mol. The lowest BCUT2D eigenvalue weighted by atomic mass is 9.97. The van der Waals surface area contributed by atoms with Crippen LogP contribution in [0.1, 0.15) is 22.0 Å². The van der Waals surface area contributed by atoms with Gasteiger partial charge in [-0.2, -0.15) is 0 Å². The van der Waals surface area contributed by atoms with E-state index in [1.165, 1.54) is 0 Å². The zero-order chi connectivity index (χ0) is 17.8. The molecule has 0 saturated carbocycles. The predicted molar refractivity (Wildman–Crippen MR) is 95.6 cm³/mol. The van der Waals surface area contributed by atoms with Gasteiger partial charge in [-0.1, -0.05) is 30.3 Å². The maximum absolute atomic E-state index is 13.1. The summed E-state index contributed by atoms with van der Waals surface area (Å²) in [6.45, 7) is 0.745. The first-order valence-electron chi connectivity index (χ1n) is 8.33. The largest absolute Gasteiger partial charge is 0.394 e. The van der Waals surface area contributed by atoms with Crippen LogP contribution in [-0.2, 0) is 4.74 Å². The first-order valence-corrected chi connectivity index (χ1v) is 8.33. The van der Waals surface area contributed by atoms with E-state index in [1.54, 1.807) is 17.2 Å². The van der Waals surface area contributed by atoms with Gasteiger partial charge in [-0.05, 0) is 17.7 Å². The first kappa shape index (κ1) is 17.4. The molecule has 0 radical (unpaired) electrons. The molecule has 1 aromatic heterocycles. The SMILES string of the molecule is CN(C)c1ccc(C(=O)N2CCO[C@H](CO)[C@H]2c2ccccc2)cn1. The molecule has 132 valence electrons. The number of pyridine rings is 1. The summed E-state index contributed by atoms with van der Waals surface area (Å²) in [7, 11) is 3.81. The van der Waals surface area contributed by atoms with Gasteiger partial charge in [0, 0.05) is 26.8 Å². The van der Waals surface area contributed by atoms with Gasteiger partial charge >= 0.3 is 0 Å². The van der Waals surface area contributed by atoms with E-state index in [9.17, 15) is 9.90 Å². The summed E-state index contributed by atoms with van der Waals surface area (Å²) in [5, 5.41) is 9.71. The van der Waals surface area contributed by atoms with Crippen LogP contribution in [0.5, 0.6) is 0 Å². The van der Waals surface area contributed by atoms with Gasteiger partial charge in [0.15, 0.2) is 0 Å². The Kier molecular flexibility index (Phi) is 5.31. The Morgan fingerprint density at radius 2 is 2.04 bits per heavy atom. The smallest absolute Gasteiger partial charge is 0.256 e. The van der Waals surface area contributed by atoms with Crippen LogP contribution < -0.4 is 4.90 Å². The van der Waals surface area contributed by atoms with Crippen LogP contribution in [0.2, 0.25) is 0 Å². The summed E-state index contributed by atoms with van der Waals surface area (Å²) >= 11 is 0. The van der Waals surface area contributed by atoms with E-state index in [1.807, 2.05) is 55.4 Å². The molecule has 3 rings (SSSR count). The average Bonchev–Trinajstić information content (AvgIpc) is 2.67. The molecule has 1 N–H and O–H groups in total. The predicted octanol–water partition coefficient (Wildman–Crippen LogP) is 1.72. The molecule has 1 aliphatic rings. The fourth-order valence-electron chi connectivity index (χ4n) is 3.10. The molecule has 1 saturated heterocycles. The van der Waals surface area contributed by atoms with Crippen LogP contribution in [0.3, 0.4) is 0 Å². The second-order valence-electron chi connectivity index (χ2n) is 6.25. The molecule has 2 heterocycles. The number of carbonyl (C=O) groups excluding carboxylic acids is 1. The van der Waals surface area contributed by atoms with Crippen molar-refractivity contribution in [2.75, 3.05) is 38.8 Å². The molecule has 1 aliphatic heterocycles. The number of nitrogens with zero attached hydrogens (tertiary/aromatic N) is 3. The maximum atomic E-state index is 13.1. The van der Waals surface area contributed by atoms with Crippen LogP contribution in [-0.4, -0.2) is 60.9 Å². The summed E-state index contributed by atoms with van der Waals surface area (Å²) in [5.41, 5.74) is 1.48. The molecule has 0 spiro atoms. The minimum atomic E-state index is -0.436. The highest BCUT2D eigenvalue weighted by Gasteiger charge is 2.36. The molecule has 2 atom stereocenters. The van der Waals surface area contributed by atoms with E-state index in [0.29, 0.717) is 18.7 Å². The number of aromatic nitrogens is 1. The third-order valence-electron chi connectivity index (χ3n) is 4.39. The van der Waals surface area contributed by atoms with Gasteiger partial charge in [0.1, 0.15) is 11.9 Å². The van der Waals surface area contributed by atoms with Crippen LogP contribution in [0.4, 0.5) is 5.82 Å². The summed E-state index contributed by atoms with van der Waals surface area (Å²) < 4.78 is 5.69. The van der Waals surface area contributed by atoms with Gasteiger partial charge < -0.3 is 19.6 Å². The number of ether oxygens (including phenoxy) is 1. The molecule has 0 unspecified atom stereocenters. The maximum Gasteiger partial charge on any atom is 0.256 e. The van der Waals surface area contributed by atoms with E-state index < -0.39 is 6.10 Å². The molecule has 1 fully saturated rings. The molecule has 0 bridgehead atoms. The molecular formula is C19H23N3O3. The summed E-state index contributed by atoms with van der Waals surface area (Å²) in [6.07, 6.45) is 1.16. The highest BCUT2D eigenvalue weighted by atomic mass is 16.5. The van der Waals surface area contributed by atoms with Gasteiger partial charge in [0.25, 0.3) is 5.91 Å². The van der Waals surface area contributed by atoms with Gasteiger partial charge in [0.05, 0.1) is 24.8 Å². The monoisotopic (exact) mass is 341 g/mol. The lowest BCUT2D eigenvalue weighted by Crippen LogP contribution is -2.49. The van der Waals surface area contributed by atoms with E-state index in [4.69, 9.17) is 4.74 Å². The van der Waals surface area contributed by atoms with E-state index in [-0.39, 0.29) is 18.6 Å². The summed E-state index contributed by atoms with van der Waals surface area (Å²) in [4.78, 5) is 21.0. The number of benzene rings is 1. The van der Waals surface area contributed by atoms with Gasteiger partial charge in [-0.25, -0.2) is 4.98 Å². The second-order valence-corrected chi connectivity index (χ2v) is 6.25. The van der Waals surface area contributed by atoms with Crippen molar-refractivity contribution in [3.05, 3.63) is 59.8 Å². The van der Waals surface area contributed by atoms with Gasteiger partial charge in [-0.3, -0.25) is 4.79 Å². The molecule has 1 amide bonds. The number of aliphatic hydroxyl groups is 1. The van der Waals surface area contributed by atoms with Crippen LogP contribution in [0.15, 0.2) is 48.7 Å². The topological polar surface area (TPSA) is 65.9 Å². The lowest BCUT2D eigenvalue weighted by molar-refractivity contribution is -0.0811. The number of rotatable bonds is 4. The first-order chi connectivity index (χ1) is 12.1. The third-order valence-corrected chi connectivity index (χ3v) is 4.39. The lowest BCUT2D eigenvalue weighted by Gasteiger charge is -2.41. The van der Waals surface area contributed by atoms with Crippen molar-refractivity contribution in [3.63, 3.8) is 0 Å². The Hall–Kier alpha value is -2.44. The summed E-state index contributed by atoms with van der Waals surface area (Å²) in [5.74, 6) is 0.694. The fourth-order valence-corrected chi connectivity index (χ4v) is 3.10. The summed E-state index contributed by atoms with van der Waals surface area (Å²) in [6, 6.07) is 13.0. The molecule has 6 heteroatoms. The van der Waals surface area contributed by atoms with E-state index in [2.05, 4.69) is 4.98 Å². The minimum absolute atomic E-state index is 0.103. The highest BCUT2D eigenvalue weighted by molar-refractivity contribution is 5.94. The van der Waals surface area contributed by atoms with Crippen molar-refractivity contribution < 1.29 is 14.6 Å². The Morgan fingerprint density at radius 1 is 1.28 bits per heavy atom. The minimum Gasteiger partial charge on any atom is -0.394 e. The zero-order valence-corrected chi connectivity index (χ0v) is 14.5. The van der Waals surface area contributed by atoms with Crippen LogP contribution >= 0.6 is 0 Å². The Bertz CT molecular complexity index is 704. The van der Waals surface area contributed by atoms with E-state index in [0.717, 1.165) is 11.4 Å². The average molecular weight is 341 g/mol. The van der Waals surface area contributed by atoms with Crippen LogP contribution in [0, 0.1) is 0 Å². The van der Waals surface area contributed by atoms with Crippen molar-refractivity contribution in [1.82, 2.24) is 9.88 Å².